The highest BCUT2D eigenvalue weighted by atomic mass is 19.4. The van der Waals surface area contributed by atoms with Gasteiger partial charge in [0.1, 0.15) is 5.82 Å². The zero-order chi connectivity index (χ0) is 12.6. The van der Waals surface area contributed by atoms with E-state index in [9.17, 15) is 17.6 Å². The smallest absolute Gasteiger partial charge is 0.398 e. The molecule has 2 aromatic rings. The van der Waals surface area contributed by atoms with E-state index in [2.05, 4.69) is 14.7 Å². The molecule has 0 spiro atoms. The molecule has 1 aromatic heterocycles. The van der Waals surface area contributed by atoms with E-state index in [1.54, 1.807) is 0 Å². The van der Waals surface area contributed by atoms with Gasteiger partial charge in [-0.2, -0.15) is 18.2 Å². The van der Waals surface area contributed by atoms with Crippen molar-refractivity contribution in [2.24, 2.45) is 0 Å². The van der Waals surface area contributed by atoms with Crippen LogP contribution in [0.2, 0.25) is 0 Å². The van der Waals surface area contributed by atoms with Crippen molar-refractivity contribution in [1.29, 1.82) is 0 Å². The zero-order valence-electron chi connectivity index (χ0n) is 8.12. The van der Waals surface area contributed by atoms with Crippen LogP contribution in [-0.2, 0) is 6.18 Å². The lowest BCUT2D eigenvalue weighted by Crippen LogP contribution is -2.07. The standard InChI is InChI=1S/C9H5F4N3O/c10-4-2-1-3-5(14)6(4)7-15-8(16-17-7)9(11,12)13/h1-3H,14H2. The fraction of sp³-hybridized carbons (Fsp3) is 0.111. The highest BCUT2D eigenvalue weighted by Crippen LogP contribution is 2.31. The summed E-state index contributed by atoms with van der Waals surface area (Å²) in [5.41, 5.74) is 5.00. The van der Waals surface area contributed by atoms with Crippen LogP contribution < -0.4 is 5.73 Å². The molecule has 0 saturated carbocycles. The third-order valence-corrected chi connectivity index (χ3v) is 1.94. The van der Waals surface area contributed by atoms with E-state index < -0.39 is 23.7 Å². The summed E-state index contributed by atoms with van der Waals surface area (Å²) in [6, 6.07) is 3.66. The highest BCUT2D eigenvalue weighted by Gasteiger charge is 2.37. The Morgan fingerprint density at radius 3 is 2.47 bits per heavy atom. The molecule has 1 aromatic carbocycles. The van der Waals surface area contributed by atoms with Gasteiger partial charge in [-0.3, -0.25) is 0 Å². The summed E-state index contributed by atoms with van der Waals surface area (Å²) in [5.74, 6) is -2.91. The van der Waals surface area contributed by atoms with Gasteiger partial charge in [-0.25, -0.2) is 4.39 Å². The van der Waals surface area contributed by atoms with Gasteiger partial charge in [0, 0.05) is 5.69 Å². The number of nitrogens with two attached hydrogens (primary N) is 1. The molecule has 0 aliphatic carbocycles. The van der Waals surface area contributed by atoms with Gasteiger partial charge in [0.15, 0.2) is 0 Å². The zero-order valence-corrected chi connectivity index (χ0v) is 8.12. The second-order valence-electron chi connectivity index (χ2n) is 3.12. The molecule has 0 amide bonds. The summed E-state index contributed by atoms with van der Waals surface area (Å²) in [5, 5.41) is 2.71. The lowest BCUT2D eigenvalue weighted by Gasteiger charge is -2.01. The molecule has 2 rings (SSSR count). The number of hydrogen-bond acceptors (Lipinski definition) is 4. The van der Waals surface area contributed by atoms with Crippen LogP contribution in [0.4, 0.5) is 23.2 Å². The minimum absolute atomic E-state index is 0.0811. The third kappa shape index (κ3) is 2.05. The van der Waals surface area contributed by atoms with Crippen molar-refractivity contribution < 1.29 is 22.1 Å². The molecule has 90 valence electrons. The molecule has 0 atom stereocenters. The summed E-state index contributed by atoms with van der Waals surface area (Å²) < 4.78 is 54.3. The molecule has 0 unspecified atom stereocenters. The molecule has 0 aliphatic heterocycles. The van der Waals surface area contributed by atoms with Gasteiger partial charge in [-0.15, -0.1) is 0 Å². The van der Waals surface area contributed by atoms with Crippen LogP contribution in [0.1, 0.15) is 5.82 Å². The van der Waals surface area contributed by atoms with Crippen molar-refractivity contribution >= 4 is 5.69 Å². The van der Waals surface area contributed by atoms with Crippen LogP contribution in [-0.4, -0.2) is 10.1 Å². The number of anilines is 1. The molecule has 0 saturated heterocycles. The molecule has 1 heterocycles. The molecule has 0 fully saturated rings. The van der Waals surface area contributed by atoms with Crippen LogP contribution in [0.15, 0.2) is 22.7 Å². The topological polar surface area (TPSA) is 64.9 Å². The number of nitrogens with zero attached hydrogens (tertiary/aromatic N) is 2. The molecular formula is C9H5F4N3O. The predicted molar refractivity (Wildman–Crippen MR) is 49.1 cm³/mol. The molecule has 2 N–H and O–H groups in total. The first-order valence-corrected chi connectivity index (χ1v) is 4.35. The number of hydrogen-bond donors (Lipinski definition) is 1. The maximum atomic E-state index is 13.4. The van der Waals surface area contributed by atoms with E-state index in [-0.39, 0.29) is 11.3 Å². The minimum atomic E-state index is -4.75. The minimum Gasteiger partial charge on any atom is -0.398 e. The van der Waals surface area contributed by atoms with Crippen molar-refractivity contribution in [2.45, 2.75) is 6.18 Å². The monoisotopic (exact) mass is 247 g/mol. The van der Waals surface area contributed by atoms with Crippen molar-refractivity contribution in [3.63, 3.8) is 0 Å². The Labute approximate surface area is 92.0 Å². The quantitative estimate of drug-likeness (QED) is 0.621. The molecule has 0 bridgehead atoms. The third-order valence-electron chi connectivity index (χ3n) is 1.94. The predicted octanol–water partition coefficient (Wildman–Crippen LogP) is 2.48. The van der Waals surface area contributed by atoms with Gasteiger partial charge < -0.3 is 10.3 Å². The maximum Gasteiger partial charge on any atom is 0.455 e. The van der Waals surface area contributed by atoms with Crippen LogP contribution in [0.3, 0.4) is 0 Å². The summed E-state index contributed by atoms with van der Waals surface area (Å²) in [4.78, 5) is 3.05. The fourth-order valence-electron chi connectivity index (χ4n) is 1.21. The molecule has 0 aliphatic rings. The normalized spacial score (nSPS) is 11.8. The average molecular weight is 247 g/mol. The second kappa shape index (κ2) is 3.72. The van der Waals surface area contributed by atoms with E-state index in [4.69, 9.17) is 5.73 Å². The average Bonchev–Trinajstić information content (AvgIpc) is 2.65. The lowest BCUT2D eigenvalue weighted by molar-refractivity contribution is -0.146. The van der Waals surface area contributed by atoms with Gasteiger partial charge in [0.05, 0.1) is 5.56 Å². The Hall–Kier alpha value is -2.12. The van der Waals surface area contributed by atoms with Gasteiger partial charge >= 0.3 is 6.18 Å². The van der Waals surface area contributed by atoms with Crippen molar-refractivity contribution in [2.75, 3.05) is 5.73 Å². The Bertz CT molecular complexity index is 529. The van der Waals surface area contributed by atoms with Crippen LogP contribution >= 0.6 is 0 Å². The first-order chi connectivity index (χ1) is 7.89. The fourth-order valence-corrected chi connectivity index (χ4v) is 1.21. The van der Waals surface area contributed by atoms with E-state index in [0.717, 1.165) is 6.07 Å². The van der Waals surface area contributed by atoms with Crippen molar-refractivity contribution in [1.82, 2.24) is 10.1 Å². The molecule has 0 radical (unpaired) electrons. The van der Waals surface area contributed by atoms with Crippen molar-refractivity contribution in [3.8, 4) is 11.5 Å². The molecule has 8 heteroatoms. The summed E-state index contributed by atoms with van der Waals surface area (Å²) in [7, 11) is 0. The second-order valence-corrected chi connectivity index (χ2v) is 3.12. The largest absolute Gasteiger partial charge is 0.455 e. The summed E-state index contributed by atoms with van der Waals surface area (Å²) in [6.07, 6.45) is -4.75. The Balaban J connectivity index is 2.51. The lowest BCUT2D eigenvalue weighted by atomic mass is 10.1. The number of rotatable bonds is 1. The maximum absolute atomic E-state index is 13.4. The molecule has 17 heavy (non-hydrogen) atoms. The van der Waals surface area contributed by atoms with Crippen LogP contribution in [0, 0.1) is 5.82 Å². The number of benzene rings is 1. The Kier molecular flexibility index (Phi) is 2.49. The van der Waals surface area contributed by atoms with Crippen LogP contribution in [0.25, 0.3) is 11.5 Å². The number of nitrogen functional groups attached to an aromatic ring is 1. The van der Waals surface area contributed by atoms with Gasteiger partial charge in [-0.1, -0.05) is 11.2 Å². The van der Waals surface area contributed by atoms with Crippen molar-refractivity contribution in [3.05, 3.63) is 29.8 Å². The van der Waals surface area contributed by atoms with E-state index >= 15 is 0 Å². The van der Waals surface area contributed by atoms with Crippen LogP contribution in [0.5, 0.6) is 0 Å². The van der Waals surface area contributed by atoms with Gasteiger partial charge in [0.25, 0.3) is 11.7 Å². The van der Waals surface area contributed by atoms with Gasteiger partial charge in [-0.05, 0) is 12.1 Å². The molecule has 4 nitrogen and oxygen atoms in total. The number of halogens is 4. The SMILES string of the molecule is Nc1cccc(F)c1-c1nc(C(F)(F)F)no1. The number of aromatic nitrogens is 2. The number of alkyl halides is 3. The summed E-state index contributed by atoms with van der Waals surface area (Å²) >= 11 is 0. The summed E-state index contributed by atoms with van der Waals surface area (Å²) in [6.45, 7) is 0. The van der Waals surface area contributed by atoms with E-state index in [1.807, 2.05) is 0 Å². The first kappa shape index (κ1) is 11.4. The molecular weight excluding hydrogens is 242 g/mol. The van der Waals surface area contributed by atoms with E-state index in [0.29, 0.717) is 0 Å². The first-order valence-electron chi connectivity index (χ1n) is 4.35. The highest BCUT2D eigenvalue weighted by molar-refractivity contribution is 5.70. The Morgan fingerprint density at radius 2 is 1.94 bits per heavy atom. The Morgan fingerprint density at radius 1 is 1.24 bits per heavy atom. The van der Waals surface area contributed by atoms with Gasteiger partial charge in [0.2, 0.25) is 0 Å². The van der Waals surface area contributed by atoms with E-state index in [1.165, 1.54) is 12.1 Å².